The van der Waals surface area contributed by atoms with Crippen LogP contribution in [0.2, 0.25) is 0 Å². The number of carbonyl (C=O) groups excluding carboxylic acids is 1. The third-order valence-corrected chi connectivity index (χ3v) is 3.62. The first-order valence-corrected chi connectivity index (χ1v) is 6.63. The van der Waals surface area contributed by atoms with Crippen molar-refractivity contribution < 1.29 is 4.79 Å². The Morgan fingerprint density at radius 3 is 3.05 bits per heavy atom. The Balaban J connectivity index is 1.81. The van der Waals surface area contributed by atoms with Crippen LogP contribution in [0.5, 0.6) is 0 Å². The van der Waals surface area contributed by atoms with E-state index in [9.17, 15) is 4.79 Å². The van der Waals surface area contributed by atoms with E-state index in [1.165, 1.54) is 11.1 Å². The number of carbonyl (C=O) groups is 1. The average molecular weight is 255 g/mol. The summed E-state index contributed by atoms with van der Waals surface area (Å²) in [6.07, 6.45) is 4.03. The lowest BCUT2D eigenvalue weighted by atomic mass is 10.0. The molecule has 98 valence electrons. The van der Waals surface area contributed by atoms with Crippen LogP contribution in [0.15, 0.2) is 30.6 Å². The van der Waals surface area contributed by atoms with Gasteiger partial charge in [-0.15, -0.1) is 0 Å². The fourth-order valence-corrected chi connectivity index (χ4v) is 2.51. The number of hydrogen-bond acceptors (Lipinski definition) is 3. The van der Waals surface area contributed by atoms with Crippen molar-refractivity contribution in [3.05, 3.63) is 53.1 Å². The van der Waals surface area contributed by atoms with Gasteiger partial charge in [-0.05, 0) is 24.1 Å². The highest BCUT2D eigenvalue weighted by Crippen LogP contribution is 2.18. The minimum Gasteiger partial charge on any atom is -0.335 e. The molecule has 0 aliphatic carbocycles. The van der Waals surface area contributed by atoms with Gasteiger partial charge in [0.05, 0.1) is 6.42 Å². The van der Waals surface area contributed by atoms with Crippen molar-refractivity contribution >= 4 is 5.78 Å². The van der Waals surface area contributed by atoms with Gasteiger partial charge in [0.15, 0.2) is 5.78 Å². The number of ketones is 1. The monoisotopic (exact) mass is 255 g/mol. The number of benzene rings is 1. The number of hydrogen-bond donors (Lipinski definition) is 1. The maximum atomic E-state index is 12.3. The lowest BCUT2D eigenvalue weighted by Crippen LogP contribution is -2.10. The molecule has 0 spiro atoms. The lowest BCUT2D eigenvalue weighted by molar-refractivity contribution is 0.0989. The zero-order valence-electron chi connectivity index (χ0n) is 11.0. The first kappa shape index (κ1) is 12.1. The zero-order valence-corrected chi connectivity index (χ0v) is 11.0. The Morgan fingerprint density at radius 2 is 2.21 bits per heavy atom. The van der Waals surface area contributed by atoms with Crippen LogP contribution in [-0.4, -0.2) is 15.3 Å². The number of imidazole rings is 1. The van der Waals surface area contributed by atoms with E-state index in [0.29, 0.717) is 6.42 Å². The summed E-state index contributed by atoms with van der Waals surface area (Å²) in [6, 6.07) is 5.99. The van der Waals surface area contributed by atoms with Crippen LogP contribution in [0.4, 0.5) is 0 Å². The Bertz CT molecular complexity index is 616. The van der Waals surface area contributed by atoms with Crippen molar-refractivity contribution in [1.82, 2.24) is 14.9 Å². The average Bonchev–Trinajstić information content (AvgIpc) is 3.05. The molecule has 1 aromatic carbocycles. The van der Waals surface area contributed by atoms with Gasteiger partial charge in [0, 0.05) is 37.6 Å². The molecule has 0 amide bonds. The number of nitrogens with one attached hydrogen (secondary N) is 1. The van der Waals surface area contributed by atoms with Crippen LogP contribution in [0.25, 0.3) is 0 Å². The second-order valence-electron chi connectivity index (χ2n) is 4.82. The number of rotatable bonds is 4. The first-order chi connectivity index (χ1) is 9.28. The van der Waals surface area contributed by atoms with Gasteiger partial charge < -0.3 is 9.88 Å². The summed E-state index contributed by atoms with van der Waals surface area (Å²) in [7, 11) is 0. The first-order valence-electron chi connectivity index (χ1n) is 6.63. The largest absolute Gasteiger partial charge is 0.335 e. The van der Waals surface area contributed by atoms with Crippen molar-refractivity contribution in [1.29, 1.82) is 0 Å². The molecule has 1 aromatic heterocycles. The lowest BCUT2D eigenvalue weighted by Gasteiger charge is -2.06. The van der Waals surface area contributed by atoms with Crippen LogP contribution in [0, 0.1) is 0 Å². The van der Waals surface area contributed by atoms with E-state index in [-0.39, 0.29) is 5.78 Å². The SMILES string of the molecule is CCn1ccnc1CC(=O)c1ccc2c(c1)CNC2. The number of aryl methyl sites for hydroxylation is 1. The molecule has 19 heavy (non-hydrogen) atoms. The van der Waals surface area contributed by atoms with Crippen molar-refractivity contribution in [2.45, 2.75) is 33.0 Å². The smallest absolute Gasteiger partial charge is 0.170 e. The number of aromatic nitrogens is 2. The summed E-state index contributed by atoms with van der Waals surface area (Å²) in [6.45, 7) is 4.66. The summed E-state index contributed by atoms with van der Waals surface area (Å²) in [5.74, 6) is 0.974. The molecule has 4 heteroatoms. The Morgan fingerprint density at radius 1 is 1.37 bits per heavy atom. The van der Waals surface area contributed by atoms with Gasteiger partial charge >= 0.3 is 0 Å². The van der Waals surface area contributed by atoms with Gasteiger partial charge in [-0.25, -0.2) is 4.98 Å². The highest BCUT2D eigenvalue weighted by atomic mass is 16.1. The number of nitrogens with zero attached hydrogens (tertiary/aromatic N) is 2. The molecule has 2 aromatic rings. The molecule has 3 rings (SSSR count). The van der Waals surface area contributed by atoms with E-state index in [2.05, 4.69) is 23.3 Å². The number of fused-ring (bicyclic) bond motifs is 1. The van der Waals surface area contributed by atoms with Crippen molar-refractivity contribution in [3.8, 4) is 0 Å². The van der Waals surface area contributed by atoms with Crippen LogP contribution in [-0.2, 0) is 26.1 Å². The summed E-state index contributed by atoms with van der Waals surface area (Å²) >= 11 is 0. The predicted octanol–water partition coefficient (Wildman–Crippen LogP) is 1.93. The molecule has 4 nitrogen and oxygen atoms in total. The Labute approximate surface area is 112 Å². The summed E-state index contributed by atoms with van der Waals surface area (Å²) < 4.78 is 2.01. The molecular weight excluding hydrogens is 238 g/mol. The maximum absolute atomic E-state index is 12.3. The summed E-state index contributed by atoms with van der Waals surface area (Å²) in [5.41, 5.74) is 3.32. The fourth-order valence-electron chi connectivity index (χ4n) is 2.51. The molecule has 1 aliphatic heterocycles. The molecule has 0 atom stereocenters. The van der Waals surface area contributed by atoms with Gasteiger partial charge in [-0.2, -0.15) is 0 Å². The fraction of sp³-hybridized carbons (Fsp3) is 0.333. The van der Waals surface area contributed by atoms with Gasteiger partial charge in [-0.1, -0.05) is 12.1 Å². The number of Topliss-reactive ketones (excluding diaryl/α,β-unsaturated/α-hetero) is 1. The molecule has 0 saturated heterocycles. The maximum Gasteiger partial charge on any atom is 0.170 e. The topological polar surface area (TPSA) is 46.9 Å². The summed E-state index contributed by atoms with van der Waals surface area (Å²) in [5, 5.41) is 3.29. The van der Waals surface area contributed by atoms with Crippen LogP contribution < -0.4 is 5.32 Å². The molecule has 1 aliphatic rings. The predicted molar refractivity (Wildman–Crippen MR) is 72.9 cm³/mol. The van der Waals surface area contributed by atoms with Crippen LogP contribution in [0.3, 0.4) is 0 Å². The van der Waals surface area contributed by atoms with E-state index in [4.69, 9.17) is 0 Å². The van der Waals surface area contributed by atoms with E-state index >= 15 is 0 Å². The van der Waals surface area contributed by atoms with E-state index < -0.39 is 0 Å². The van der Waals surface area contributed by atoms with Gasteiger partial charge in [0.1, 0.15) is 5.82 Å². The van der Waals surface area contributed by atoms with E-state index in [1.807, 2.05) is 22.9 Å². The highest BCUT2D eigenvalue weighted by molar-refractivity contribution is 5.97. The minimum atomic E-state index is 0.135. The standard InChI is InChI=1S/C15H17N3O/c1-2-18-6-5-17-15(18)8-14(19)11-3-4-12-9-16-10-13(12)7-11/h3-7,16H,2,8-10H2,1H3. The molecule has 2 heterocycles. The third kappa shape index (κ3) is 2.31. The second kappa shape index (κ2) is 4.97. The molecular formula is C15H17N3O. The molecule has 0 bridgehead atoms. The van der Waals surface area contributed by atoms with E-state index in [1.54, 1.807) is 6.20 Å². The van der Waals surface area contributed by atoms with Crippen LogP contribution in [0.1, 0.15) is 34.2 Å². The third-order valence-electron chi connectivity index (χ3n) is 3.62. The Hall–Kier alpha value is -1.94. The van der Waals surface area contributed by atoms with Crippen molar-refractivity contribution in [3.63, 3.8) is 0 Å². The molecule has 1 N–H and O–H groups in total. The van der Waals surface area contributed by atoms with Crippen LogP contribution >= 0.6 is 0 Å². The molecule has 0 radical (unpaired) electrons. The zero-order chi connectivity index (χ0) is 13.2. The summed E-state index contributed by atoms with van der Waals surface area (Å²) in [4.78, 5) is 16.6. The quantitative estimate of drug-likeness (QED) is 0.849. The van der Waals surface area contributed by atoms with E-state index in [0.717, 1.165) is 31.0 Å². The second-order valence-corrected chi connectivity index (χ2v) is 4.82. The normalized spacial score (nSPS) is 13.5. The van der Waals surface area contributed by atoms with Crippen molar-refractivity contribution in [2.24, 2.45) is 0 Å². The van der Waals surface area contributed by atoms with Gasteiger partial charge in [0.2, 0.25) is 0 Å². The highest BCUT2D eigenvalue weighted by Gasteiger charge is 2.15. The van der Waals surface area contributed by atoms with Gasteiger partial charge in [-0.3, -0.25) is 4.79 Å². The van der Waals surface area contributed by atoms with Crippen molar-refractivity contribution in [2.75, 3.05) is 0 Å². The minimum absolute atomic E-state index is 0.135. The molecule has 0 unspecified atom stereocenters. The molecule has 0 fully saturated rings. The molecule has 0 saturated carbocycles. The Kier molecular flexibility index (Phi) is 3.17. The van der Waals surface area contributed by atoms with Gasteiger partial charge in [0.25, 0.3) is 0 Å².